The number of rotatable bonds is 4. The van der Waals surface area contributed by atoms with Gasteiger partial charge in [0.15, 0.2) is 0 Å². The highest BCUT2D eigenvalue weighted by Crippen LogP contribution is 2.04. The average Bonchev–Trinajstić information content (AvgIpc) is 2.55. The van der Waals surface area contributed by atoms with Crippen LogP contribution in [0.1, 0.15) is 17.7 Å². The first kappa shape index (κ1) is 15.4. The number of pyridine rings is 1. The molecule has 1 aromatic heterocycles. The van der Waals surface area contributed by atoms with Gasteiger partial charge in [-0.3, -0.25) is 0 Å². The number of nitrogens with one attached hydrogen (secondary N) is 1. The third kappa shape index (κ3) is 5.55. The summed E-state index contributed by atoms with van der Waals surface area (Å²) >= 11 is 0. The van der Waals surface area contributed by atoms with Gasteiger partial charge in [-0.25, -0.2) is 9.78 Å². The summed E-state index contributed by atoms with van der Waals surface area (Å²) in [4.78, 5) is 15.4. The molecule has 2 rings (SSSR count). The average molecular weight is 296 g/mol. The molecule has 1 aromatic carbocycles. The van der Waals surface area contributed by atoms with E-state index in [1.54, 1.807) is 6.07 Å². The third-order valence-corrected chi connectivity index (χ3v) is 2.70. The van der Waals surface area contributed by atoms with Gasteiger partial charge in [0.05, 0.1) is 6.20 Å². The monoisotopic (exact) mass is 296 g/mol. The summed E-state index contributed by atoms with van der Waals surface area (Å²) in [5.41, 5.74) is 1.51. The maximum atomic E-state index is 11.5. The van der Waals surface area contributed by atoms with Crippen molar-refractivity contribution in [1.29, 1.82) is 0 Å². The Balaban J connectivity index is 1.64. The predicted molar refractivity (Wildman–Crippen MR) is 82.0 cm³/mol. The third-order valence-electron chi connectivity index (χ3n) is 2.70. The number of aromatic nitrogens is 1. The van der Waals surface area contributed by atoms with Crippen LogP contribution in [0.4, 0.5) is 4.79 Å². The number of carbonyl (C=O) groups is 1. The van der Waals surface area contributed by atoms with Crippen LogP contribution in [0.3, 0.4) is 0 Å². The van der Waals surface area contributed by atoms with Crippen LogP contribution < -0.4 is 5.32 Å². The summed E-state index contributed by atoms with van der Waals surface area (Å²) in [7, 11) is 0. The zero-order valence-electron chi connectivity index (χ0n) is 12.0. The Labute approximate surface area is 129 Å². The highest BCUT2D eigenvalue weighted by molar-refractivity contribution is 5.67. The molecule has 0 radical (unpaired) electrons. The van der Waals surface area contributed by atoms with Crippen molar-refractivity contribution >= 4 is 6.09 Å². The van der Waals surface area contributed by atoms with Crippen LogP contribution >= 0.6 is 0 Å². The molecule has 0 saturated carbocycles. The fourth-order valence-corrected chi connectivity index (χ4v) is 1.61. The number of carbonyl (C=O) groups excluding carboxylic acids is 1. The molecular formula is C17H16N2O3. The fourth-order valence-electron chi connectivity index (χ4n) is 1.61. The van der Waals surface area contributed by atoms with Crippen molar-refractivity contribution in [1.82, 2.24) is 10.3 Å². The molecule has 0 atom stereocenters. The summed E-state index contributed by atoms with van der Waals surface area (Å²) in [5, 5.41) is 11.7. The smallest absolute Gasteiger partial charge is 0.407 e. The second-order valence-electron chi connectivity index (χ2n) is 4.44. The Morgan fingerprint density at radius 2 is 2.05 bits per heavy atom. The van der Waals surface area contributed by atoms with E-state index in [0.717, 1.165) is 5.56 Å². The lowest BCUT2D eigenvalue weighted by Gasteiger charge is -2.05. The molecule has 22 heavy (non-hydrogen) atoms. The Kier molecular flexibility index (Phi) is 5.82. The number of hydrogen-bond acceptors (Lipinski definition) is 4. The predicted octanol–water partition coefficient (Wildman–Crippen LogP) is 2.46. The molecule has 0 spiro atoms. The summed E-state index contributed by atoms with van der Waals surface area (Å²) in [5.74, 6) is 5.83. The molecule has 5 heteroatoms. The molecule has 2 aromatic rings. The van der Waals surface area contributed by atoms with Gasteiger partial charge in [-0.05, 0) is 23.6 Å². The van der Waals surface area contributed by atoms with Gasteiger partial charge >= 0.3 is 6.09 Å². The fraction of sp³-hybridized carbons (Fsp3) is 0.176. The maximum absolute atomic E-state index is 11.5. The van der Waals surface area contributed by atoms with Crippen molar-refractivity contribution in [3.05, 3.63) is 59.9 Å². The van der Waals surface area contributed by atoms with Crippen LogP contribution in [0, 0.1) is 11.8 Å². The SMILES string of the molecule is O=C(NCCC#Cc1ccc(O)cn1)OCc1ccccc1. The molecule has 0 fully saturated rings. The first-order valence-electron chi connectivity index (χ1n) is 6.82. The van der Waals surface area contributed by atoms with E-state index in [1.807, 2.05) is 30.3 Å². The van der Waals surface area contributed by atoms with Crippen LogP contribution in [0.15, 0.2) is 48.7 Å². The second-order valence-corrected chi connectivity index (χ2v) is 4.44. The van der Waals surface area contributed by atoms with Crippen molar-refractivity contribution in [2.45, 2.75) is 13.0 Å². The topological polar surface area (TPSA) is 71.5 Å². The molecule has 0 aliphatic rings. The van der Waals surface area contributed by atoms with E-state index < -0.39 is 6.09 Å². The lowest BCUT2D eigenvalue weighted by atomic mass is 10.2. The minimum absolute atomic E-state index is 0.105. The van der Waals surface area contributed by atoms with Gasteiger partial charge in [0.2, 0.25) is 0 Å². The van der Waals surface area contributed by atoms with E-state index in [9.17, 15) is 4.79 Å². The molecule has 0 aliphatic carbocycles. The number of benzene rings is 1. The molecule has 0 saturated heterocycles. The number of aromatic hydroxyl groups is 1. The van der Waals surface area contributed by atoms with Gasteiger partial charge in [-0.2, -0.15) is 0 Å². The minimum atomic E-state index is -0.464. The molecule has 1 heterocycles. The number of nitrogens with zero attached hydrogens (tertiary/aromatic N) is 1. The van der Waals surface area contributed by atoms with Gasteiger partial charge < -0.3 is 15.2 Å². The van der Waals surface area contributed by atoms with E-state index in [4.69, 9.17) is 9.84 Å². The van der Waals surface area contributed by atoms with Crippen LogP contribution in [0.2, 0.25) is 0 Å². The van der Waals surface area contributed by atoms with Crippen molar-refractivity contribution < 1.29 is 14.6 Å². The Hall–Kier alpha value is -3.00. The highest BCUT2D eigenvalue weighted by Gasteiger charge is 2.00. The van der Waals surface area contributed by atoms with Crippen molar-refractivity contribution in [3.8, 4) is 17.6 Å². The molecule has 0 aliphatic heterocycles. The standard InChI is InChI=1S/C17H16N2O3/c20-16-10-9-15(19-12-16)8-4-5-11-18-17(21)22-13-14-6-2-1-3-7-14/h1-3,6-7,9-10,12,20H,5,11,13H2,(H,18,21). The number of amides is 1. The Morgan fingerprint density at radius 1 is 1.23 bits per heavy atom. The molecule has 112 valence electrons. The van der Waals surface area contributed by atoms with Crippen LogP contribution in [0.5, 0.6) is 5.75 Å². The lowest BCUT2D eigenvalue weighted by molar-refractivity contribution is 0.140. The van der Waals surface area contributed by atoms with E-state index in [2.05, 4.69) is 22.1 Å². The summed E-state index contributed by atoms with van der Waals surface area (Å²) in [6.07, 6.45) is 1.36. The van der Waals surface area contributed by atoms with Gasteiger partial charge in [-0.1, -0.05) is 36.3 Å². The van der Waals surface area contributed by atoms with E-state index in [0.29, 0.717) is 18.7 Å². The quantitative estimate of drug-likeness (QED) is 0.671. The number of alkyl carbamates (subject to hydrolysis) is 1. The summed E-state index contributed by atoms with van der Waals surface area (Å²) in [6.45, 7) is 0.647. The van der Waals surface area contributed by atoms with Crippen LogP contribution in [-0.2, 0) is 11.3 Å². The normalized spacial score (nSPS) is 9.45. The lowest BCUT2D eigenvalue weighted by Crippen LogP contribution is -2.24. The van der Waals surface area contributed by atoms with E-state index in [-0.39, 0.29) is 12.4 Å². The summed E-state index contributed by atoms with van der Waals surface area (Å²) < 4.78 is 5.07. The van der Waals surface area contributed by atoms with Crippen LogP contribution in [-0.4, -0.2) is 22.7 Å². The van der Waals surface area contributed by atoms with Crippen molar-refractivity contribution in [2.75, 3.05) is 6.54 Å². The summed E-state index contributed by atoms with van der Waals surface area (Å²) in [6, 6.07) is 12.6. The molecule has 0 unspecified atom stereocenters. The molecule has 2 N–H and O–H groups in total. The number of ether oxygens (including phenoxy) is 1. The maximum Gasteiger partial charge on any atom is 0.407 e. The highest BCUT2D eigenvalue weighted by atomic mass is 16.5. The Morgan fingerprint density at radius 3 is 2.77 bits per heavy atom. The van der Waals surface area contributed by atoms with Gasteiger partial charge in [0.1, 0.15) is 18.1 Å². The van der Waals surface area contributed by atoms with Gasteiger partial charge in [0, 0.05) is 13.0 Å². The molecule has 1 amide bonds. The molecule has 0 bridgehead atoms. The zero-order valence-corrected chi connectivity index (χ0v) is 12.0. The van der Waals surface area contributed by atoms with Crippen molar-refractivity contribution in [2.24, 2.45) is 0 Å². The van der Waals surface area contributed by atoms with Gasteiger partial charge in [-0.15, -0.1) is 0 Å². The first-order valence-corrected chi connectivity index (χ1v) is 6.82. The largest absolute Gasteiger partial charge is 0.506 e. The first-order chi connectivity index (χ1) is 10.7. The Bertz CT molecular complexity index is 658. The second kappa shape index (κ2) is 8.32. The minimum Gasteiger partial charge on any atom is -0.506 e. The van der Waals surface area contributed by atoms with Gasteiger partial charge in [0.25, 0.3) is 0 Å². The molecule has 5 nitrogen and oxygen atoms in total. The van der Waals surface area contributed by atoms with Crippen molar-refractivity contribution in [3.63, 3.8) is 0 Å². The zero-order chi connectivity index (χ0) is 15.6. The van der Waals surface area contributed by atoms with Crippen LogP contribution in [0.25, 0.3) is 0 Å². The van der Waals surface area contributed by atoms with E-state index in [1.165, 1.54) is 12.3 Å². The number of hydrogen-bond donors (Lipinski definition) is 2. The van der Waals surface area contributed by atoms with E-state index >= 15 is 0 Å². The molecular weight excluding hydrogens is 280 g/mol.